The van der Waals surface area contributed by atoms with Crippen molar-refractivity contribution in [3.8, 4) is 5.69 Å². The number of ether oxygens (including phenoxy) is 1. The molecule has 1 aromatic heterocycles. The molecule has 3 aromatic rings. The lowest BCUT2D eigenvalue weighted by Gasteiger charge is -2.10. The zero-order valence-corrected chi connectivity index (χ0v) is 15.7. The summed E-state index contributed by atoms with van der Waals surface area (Å²) in [6.45, 7) is 3.80. The van der Waals surface area contributed by atoms with Crippen LogP contribution in [0.25, 0.3) is 5.69 Å². The van der Waals surface area contributed by atoms with Gasteiger partial charge in [0.1, 0.15) is 5.56 Å². The Hall–Kier alpha value is -3.13. The number of esters is 1. The Labute approximate surface area is 157 Å². The van der Waals surface area contributed by atoms with Crippen LogP contribution in [-0.2, 0) is 14.8 Å². The van der Waals surface area contributed by atoms with Crippen molar-refractivity contribution in [2.45, 2.75) is 18.7 Å². The molecule has 7 nitrogen and oxygen atoms in total. The maximum Gasteiger partial charge on any atom is 0.341 e. The molecule has 0 amide bonds. The summed E-state index contributed by atoms with van der Waals surface area (Å²) >= 11 is 0. The molecule has 0 saturated heterocycles. The van der Waals surface area contributed by atoms with Gasteiger partial charge >= 0.3 is 5.97 Å². The lowest BCUT2D eigenvalue weighted by atomic mass is 10.2. The number of rotatable bonds is 6. The van der Waals surface area contributed by atoms with E-state index in [9.17, 15) is 13.2 Å². The van der Waals surface area contributed by atoms with E-state index in [0.29, 0.717) is 29.2 Å². The molecule has 0 fully saturated rings. The number of sulfonamides is 1. The molecule has 0 saturated carbocycles. The van der Waals surface area contributed by atoms with Gasteiger partial charge in [-0.15, -0.1) is 0 Å². The highest BCUT2D eigenvalue weighted by atomic mass is 32.2. The van der Waals surface area contributed by atoms with E-state index < -0.39 is 16.0 Å². The van der Waals surface area contributed by atoms with Crippen molar-refractivity contribution >= 4 is 21.7 Å². The number of anilines is 1. The summed E-state index contributed by atoms with van der Waals surface area (Å²) in [4.78, 5) is 12.1. The normalized spacial score (nSPS) is 11.2. The van der Waals surface area contributed by atoms with Gasteiger partial charge in [-0.25, -0.2) is 17.9 Å². The van der Waals surface area contributed by atoms with Crippen molar-refractivity contribution in [1.82, 2.24) is 9.78 Å². The van der Waals surface area contributed by atoms with E-state index in [1.807, 2.05) is 0 Å². The first-order valence-corrected chi connectivity index (χ1v) is 9.80. The number of hydrogen-bond donors (Lipinski definition) is 1. The molecule has 27 heavy (non-hydrogen) atoms. The standard InChI is InChI=1S/C19H19N3O4S/c1-3-26-19(23)18-13-20-22(14(18)2)16-11-9-15(10-12-16)21-27(24,25)17-7-5-4-6-8-17/h4-13,21H,3H2,1-2H3. The Balaban J connectivity index is 1.81. The highest BCUT2D eigenvalue weighted by Crippen LogP contribution is 2.20. The van der Waals surface area contributed by atoms with Crippen molar-refractivity contribution in [2.75, 3.05) is 11.3 Å². The van der Waals surface area contributed by atoms with Crippen LogP contribution in [0.1, 0.15) is 23.0 Å². The Morgan fingerprint density at radius 3 is 2.41 bits per heavy atom. The van der Waals surface area contributed by atoms with Gasteiger partial charge < -0.3 is 4.74 Å². The number of aromatic nitrogens is 2. The van der Waals surface area contributed by atoms with Crippen molar-refractivity contribution in [3.63, 3.8) is 0 Å². The molecular weight excluding hydrogens is 366 g/mol. The number of carbonyl (C=O) groups is 1. The lowest BCUT2D eigenvalue weighted by molar-refractivity contribution is 0.0525. The molecule has 0 aliphatic heterocycles. The zero-order valence-electron chi connectivity index (χ0n) is 14.9. The molecule has 0 spiro atoms. The van der Waals surface area contributed by atoms with Crippen LogP contribution in [0.2, 0.25) is 0 Å². The fourth-order valence-electron chi connectivity index (χ4n) is 2.56. The van der Waals surface area contributed by atoms with Crippen LogP contribution in [0, 0.1) is 6.92 Å². The smallest absolute Gasteiger partial charge is 0.341 e. The fourth-order valence-corrected chi connectivity index (χ4v) is 3.64. The summed E-state index contributed by atoms with van der Waals surface area (Å²) < 4.78 is 33.9. The molecule has 1 heterocycles. The van der Waals surface area contributed by atoms with E-state index in [4.69, 9.17) is 4.74 Å². The van der Waals surface area contributed by atoms with Crippen LogP contribution >= 0.6 is 0 Å². The summed E-state index contributed by atoms with van der Waals surface area (Å²) in [6.07, 6.45) is 1.46. The second-order valence-electron chi connectivity index (χ2n) is 5.74. The third-order valence-electron chi connectivity index (χ3n) is 3.92. The third-order valence-corrected chi connectivity index (χ3v) is 5.32. The zero-order chi connectivity index (χ0) is 19.4. The number of benzene rings is 2. The van der Waals surface area contributed by atoms with E-state index in [-0.39, 0.29) is 4.90 Å². The van der Waals surface area contributed by atoms with Crippen LogP contribution < -0.4 is 4.72 Å². The Bertz CT molecular complexity index is 1040. The van der Waals surface area contributed by atoms with Gasteiger partial charge in [0, 0.05) is 5.69 Å². The van der Waals surface area contributed by atoms with Crippen LogP contribution in [-0.4, -0.2) is 30.8 Å². The van der Waals surface area contributed by atoms with Crippen LogP contribution in [0.3, 0.4) is 0 Å². The van der Waals surface area contributed by atoms with Crippen molar-refractivity contribution in [2.24, 2.45) is 0 Å². The highest BCUT2D eigenvalue weighted by Gasteiger charge is 2.17. The molecule has 140 valence electrons. The molecule has 8 heteroatoms. The van der Waals surface area contributed by atoms with Crippen molar-refractivity contribution < 1.29 is 17.9 Å². The van der Waals surface area contributed by atoms with Gasteiger partial charge in [0.15, 0.2) is 0 Å². The first-order valence-electron chi connectivity index (χ1n) is 8.32. The molecular formula is C19H19N3O4S. The second-order valence-corrected chi connectivity index (χ2v) is 7.42. The van der Waals surface area contributed by atoms with Gasteiger partial charge in [-0.05, 0) is 50.2 Å². The van der Waals surface area contributed by atoms with E-state index in [1.165, 1.54) is 18.3 Å². The second kappa shape index (κ2) is 7.63. The van der Waals surface area contributed by atoms with Crippen LogP contribution in [0.5, 0.6) is 0 Å². The van der Waals surface area contributed by atoms with E-state index in [2.05, 4.69) is 9.82 Å². The molecule has 2 aromatic carbocycles. The van der Waals surface area contributed by atoms with Gasteiger partial charge in [0.2, 0.25) is 0 Å². The topological polar surface area (TPSA) is 90.3 Å². The van der Waals surface area contributed by atoms with Gasteiger partial charge in [-0.1, -0.05) is 18.2 Å². The number of nitrogens with one attached hydrogen (secondary N) is 1. The maximum absolute atomic E-state index is 12.4. The Kier molecular flexibility index (Phi) is 5.27. The Morgan fingerprint density at radius 2 is 1.78 bits per heavy atom. The molecule has 0 unspecified atom stereocenters. The number of carbonyl (C=O) groups excluding carboxylic acids is 1. The molecule has 0 radical (unpaired) electrons. The van der Waals surface area contributed by atoms with Crippen molar-refractivity contribution in [3.05, 3.63) is 72.1 Å². The first-order chi connectivity index (χ1) is 12.9. The van der Waals surface area contributed by atoms with E-state index >= 15 is 0 Å². The van der Waals surface area contributed by atoms with Gasteiger partial charge in [-0.3, -0.25) is 4.72 Å². The predicted octanol–water partition coefficient (Wildman–Crippen LogP) is 3.16. The molecule has 0 aliphatic rings. The molecule has 0 aliphatic carbocycles. The SMILES string of the molecule is CCOC(=O)c1cnn(-c2ccc(NS(=O)(=O)c3ccccc3)cc2)c1C. The molecule has 1 N–H and O–H groups in total. The number of nitrogens with zero attached hydrogens (tertiary/aromatic N) is 2. The molecule has 3 rings (SSSR count). The molecule has 0 bridgehead atoms. The monoisotopic (exact) mass is 385 g/mol. The minimum atomic E-state index is -3.65. The summed E-state index contributed by atoms with van der Waals surface area (Å²) in [5.41, 5.74) is 2.17. The van der Waals surface area contributed by atoms with Gasteiger partial charge in [0.25, 0.3) is 10.0 Å². The lowest BCUT2D eigenvalue weighted by Crippen LogP contribution is -2.12. The average molecular weight is 385 g/mol. The average Bonchev–Trinajstić information content (AvgIpc) is 3.04. The summed E-state index contributed by atoms with van der Waals surface area (Å²) in [5, 5.41) is 4.22. The Morgan fingerprint density at radius 1 is 1.11 bits per heavy atom. The fraction of sp³-hybridized carbons (Fsp3) is 0.158. The highest BCUT2D eigenvalue weighted by molar-refractivity contribution is 7.92. The van der Waals surface area contributed by atoms with Crippen LogP contribution in [0.4, 0.5) is 5.69 Å². The summed E-state index contributed by atoms with van der Waals surface area (Å²) in [7, 11) is -3.65. The quantitative estimate of drug-likeness (QED) is 0.658. The van der Waals surface area contributed by atoms with Crippen LogP contribution in [0.15, 0.2) is 65.7 Å². The summed E-state index contributed by atoms with van der Waals surface area (Å²) in [6, 6.07) is 14.9. The predicted molar refractivity (Wildman–Crippen MR) is 102 cm³/mol. The number of hydrogen-bond acceptors (Lipinski definition) is 5. The minimum absolute atomic E-state index is 0.191. The maximum atomic E-state index is 12.4. The molecule has 0 atom stereocenters. The van der Waals surface area contributed by atoms with Gasteiger partial charge in [0.05, 0.1) is 29.1 Å². The van der Waals surface area contributed by atoms with E-state index in [1.54, 1.807) is 61.0 Å². The largest absolute Gasteiger partial charge is 0.462 e. The van der Waals surface area contributed by atoms with Gasteiger partial charge in [-0.2, -0.15) is 5.10 Å². The first kappa shape index (κ1) is 18.7. The minimum Gasteiger partial charge on any atom is -0.462 e. The van der Waals surface area contributed by atoms with E-state index in [0.717, 1.165) is 0 Å². The third kappa shape index (κ3) is 4.01. The van der Waals surface area contributed by atoms with Crippen molar-refractivity contribution in [1.29, 1.82) is 0 Å². The summed E-state index contributed by atoms with van der Waals surface area (Å²) in [5.74, 6) is -0.423.